The van der Waals surface area contributed by atoms with Crippen molar-refractivity contribution in [3.05, 3.63) is 33.6 Å². The maximum absolute atomic E-state index is 3.90. The van der Waals surface area contributed by atoms with Gasteiger partial charge in [0.25, 0.3) is 0 Å². The zero-order valence-corrected chi connectivity index (χ0v) is 20.1. The maximum atomic E-state index is 3.90. The van der Waals surface area contributed by atoms with E-state index in [-0.39, 0.29) is 95.9 Å². The summed E-state index contributed by atoms with van der Waals surface area (Å²) < 4.78 is 0. The van der Waals surface area contributed by atoms with Crippen molar-refractivity contribution in [1.82, 2.24) is 0 Å². The molecule has 0 amide bonds. The number of hydrogen-bond acceptors (Lipinski definition) is 0. The molecule has 0 fully saturated rings. The minimum atomic E-state index is 0. The van der Waals surface area contributed by atoms with Crippen LogP contribution < -0.4 is 0 Å². The standard InChI is InChI=1S/C10H17.3W.Y/c1-4-6-7-8-9-10(3)5-2;;;;/h7,9-10H,1-6,8H2;;;;/q-5;;;+2;+3. The minimum Gasteiger partial charge on any atom is -0.386 e. The van der Waals surface area contributed by atoms with Crippen molar-refractivity contribution < 1.29 is 95.9 Å². The van der Waals surface area contributed by atoms with E-state index in [2.05, 4.69) is 33.6 Å². The molecule has 0 bridgehead atoms. The molecule has 0 nitrogen and oxygen atoms in total. The summed E-state index contributed by atoms with van der Waals surface area (Å²) in [4.78, 5) is 0. The molecule has 0 rings (SSSR count). The Kier molecular flexibility index (Phi) is 54.4. The zero-order valence-electron chi connectivity index (χ0n) is 8.48. The quantitative estimate of drug-likeness (QED) is 0.288. The van der Waals surface area contributed by atoms with Gasteiger partial charge in [0.1, 0.15) is 0 Å². The molecule has 0 heterocycles. The summed E-state index contributed by atoms with van der Waals surface area (Å²) >= 11 is 0. The molecule has 0 aromatic carbocycles. The number of rotatable bonds is 6. The van der Waals surface area contributed by atoms with E-state index in [1.165, 1.54) is 0 Å². The number of unbranched alkanes of at least 4 members (excludes halogenated alkanes) is 3. The fourth-order valence-electron chi connectivity index (χ4n) is 0.669. The van der Waals surface area contributed by atoms with Crippen LogP contribution in [0, 0.1) is 39.5 Å². The van der Waals surface area contributed by atoms with E-state index in [0.717, 1.165) is 25.7 Å². The second-order valence-corrected chi connectivity index (χ2v) is 2.45. The Balaban J connectivity index is -0.0000000675. The second-order valence-electron chi connectivity index (χ2n) is 2.45. The molecule has 0 aromatic rings. The van der Waals surface area contributed by atoms with Gasteiger partial charge in [0.15, 0.2) is 0 Å². The van der Waals surface area contributed by atoms with E-state index in [0.29, 0.717) is 5.92 Å². The van der Waals surface area contributed by atoms with Gasteiger partial charge in [-0.15, -0.1) is 0 Å². The van der Waals surface area contributed by atoms with Crippen LogP contribution in [-0.2, 0) is 95.9 Å². The van der Waals surface area contributed by atoms with Crippen LogP contribution in [0.1, 0.15) is 25.7 Å². The Hall–Kier alpha value is 3.17. The summed E-state index contributed by atoms with van der Waals surface area (Å²) in [5.74, 6) is 0.418. The van der Waals surface area contributed by atoms with Crippen molar-refractivity contribution in [2.75, 3.05) is 0 Å². The van der Waals surface area contributed by atoms with Crippen LogP contribution in [0.5, 0.6) is 0 Å². The molecule has 1 unspecified atom stereocenters. The van der Waals surface area contributed by atoms with Crippen LogP contribution in [0.15, 0.2) is 0 Å². The average molecular weight is 778 g/mol. The van der Waals surface area contributed by atoms with Gasteiger partial charge in [-0.25, -0.2) is 19.3 Å². The van der Waals surface area contributed by atoms with E-state index in [9.17, 15) is 0 Å². The molecule has 0 spiro atoms. The Bertz CT molecular complexity index is 72.4. The van der Waals surface area contributed by atoms with Gasteiger partial charge < -0.3 is 46.0 Å². The third-order valence-corrected chi connectivity index (χ3v) is 1.42. The largest absolute Gasteiger partial charge is 3.00 e. The normalized spacial score (nSPS) is 9.64. The Morgan fingerprint density at radius 1 is 1.14 bits per heavy atom. The van der Waals surface area contributed by atoms with E-state index < -0.39 is 0 Å². The first-order valence-corrected chi connectivity index (χ1v) is 3.87. The van der Waals surface area contributed by atoms with Crippen molar-refractivity contribution in [3.63, 3.8) is 0 Å². The molecule has 0 aliphatic carbocycles. The molecule has 4 heteroatoms. The van der Waals surface area contributed by atoms with Crippen molar-refractivity contribution in [1.29, 1.82) is 0 Å². The molecule has 78 valence electrons. The van der Waals surface area contributed by atoms with Crippen LogP contribution >= 0.6 is 0 Å². The topological polar surface area (TPSA) is 0 Å². The Morgan fingerprint density at radius 3 is 2.00 bits per heavy atom. The molecule has 0 N–H and O–H groups in total. The summed E-state index contributed by atoms with van der Waals surface area (Å²) in [5.41, 5.74) is 0. The molecule has 14 heavy (non-hydrogen) atoms. The molecule has 0 aliphatic heterocycles. The minimum absolute atomic E-state index is 0. The predicted molar refractivity (Wildman–Crippen MR) is 46.6 cm³/mol. The number of hydrogen-bond donors (Lipinski definition) is 0. The third-order valence-electron chi connectivity index (χ3n) is 1.42. The van der Waals surface area contributed by atoms with E-state index in [4.69, 9.17) is 0 Å². The van der Waals surface area contributed by atoms with Crippen molar-refractivity contribution in [3.8, 4) is 0 Å². The molecule has 0 saturated heterocycles. The first-order valence-electron chi connectivity index (χ1n) is 3.87. The van der Waals surface area contributed by atoms with Gasteiger partial charge >= 0.3 is 53.8 Å². The van der Waals surface area contributed by atoms with Gasteiger partial charge in [-0.2, -0.15) is 0 Å². The monoisotopic (exact) mass is 778 g/mol. The van der Waals surface area contributed by atoms with Gasteiger partial charge in [-0.05, 0) is 0 Å². The maximum Gasteiger partial charge on any atom is 3.00 e. The zero-order chi connectivity index (χ0) is 7.82. The van der Waals surface area contributed by atoms with Gasteiger partial charge in [0, 0.05) is 42.1 Å². The molecular formula is C10H17W3Y. The summed E-state index contributed by atoms with van der Waals surface area (Å²) in [6.07, 6.45) is 8.50. The average Bonchev–Trinajstić information content (AvgIpc) is 1.98. The van der Waals surface area contributed by atoms with Crippen molar-refractivity contribution in [2.45, 2.75) is 25.7 Å². The molecule has 0 saturated carbocycles. The SMILES string of the molecule is [CH2-]CC[CH-]C[CH-]C([CH2-])C[CH2-].[W+2].[W].[W].[Y+3]. The van der Waals surface area contributed by atoms with Crippen LogP contribution in [0.25, 0.3) is 0 Å². The van der Waals surface area contributed by atoms with Crippen LogP contribution in [0.4, 0.5) is 0 Å². The van der Waals surface area contributed by atoms with Crippen LogP contribution in [-0.4, -0.2) is 0 Å². The Morgan fingerprint density at radius 2 is 1.64 bits per heavy atom. The van der Waals surface area contributed by atoms with Gasteiger partial charge in [0.05, 0.1) is 0 Å². The first-order chi connectivity index (χ1) is 4.81. The van der Waals surface area contributed by atoms with Crippen molar-refractivity contribution >= 4 is 0 Å². The molecule has 0 radical (unpaired) electrons. The molecule has 1 atom stereocenters. The smallest absolute Gasteiger partial charge is 0.386 e. The summed E-state index contributed by atoms with van der Waals surface area (Å²) in [5, 5.41) is 0. The van der Waals surface area contributed by atoms with Crippen LogP contribution in [0.3, 0.4) is 0 Å². The van der Waals surface area contributed by atoms with E-state index in [1.54, 1.807) is 0 Å². The third kappa shape index (κ3) is 24.4. The van der Waals surface area contributed by atoms with Gasteiger partial charge in [-0.1, -0.05) is 0 Å². The van der Waals surface area contributed by atoms with E-state index in [1.807, 2.05) is 0 Å². The van der Waals surface area contributed by atoms with Crippen molar-refractivity contribution in [2.24, 2.45) is 5.92 Å². The summed E-state index contributed by atoms with van der Waals surface area (Å²) in [7, 11) is 0. The molecule has 0 aliphatic rings. The van der Waals surface area contributed by atoms with Gasteiger partial charge in [0.2, 0.25) is 0 Å². The summed E-state index contributed by atoms with van der Waals surface area (Å²) in [6.45, 7) is 11.4. The van der Waals surface area contributed by atoms with Crippen LogP contribution in [0.2, 0.25) is 0 Å². The second kappa shape index (κ2) is 25.1. The Labute approximate surface area is 159 Å². The fourth-order valence-corrected chi connectivity index (χ4v) is 0.669. The molecular weight excluding hydrogens is 761 g/mol. The predicted octanol–water partition coefficient (Wildman–Crippen LogP) is 3.06. The summed E-state index contributed by atoms with van der Waals surface area (Å²) in [6, 6.07) is 0. The van der Waals surface area contributed by atoms with Gasteiger partial charge in [-0.3, -0.25) is 0 Å². The molecule has 0 aromatic heterocycles. The fraction of sp³-hybridized carbons (Fsp3) is 0.500. The first kappa shape index (κ1) is 30.3. The van der Waals surface area contributed by atoms with E-state index >= 15 is 0 Å².